The number of carbonyl (C=O) groups is 1. The topological polar surface area (TPSA) is 72.9 Å². The molecule has 0 fully saturated rings. The average Bonchev–Trinajstić information content (AvgIpc) is 2.56. The van der Waals surface area contributed by atoms with Gasteiger partial charge in [-0.15, -0.1) is 0 Å². The van der Waals surface area contributed by atoms with Crippen LogP contribution in [0.4, 0.5) is 0 Å². The van der Waals surface area contributed by atoms with Gasteiger partial charge in [0.05, 0.1) is 16.9 Å². The number of nitrogens with two attached hydrogens (primary N) is 1. The van der Waals surface area contributed by atoms with Gasteiger partial charge in [-0.05, 0) is 26.3 Å². The number of amides is 1. The van der Waals surface area contributed by atoms with Crippen LogP contribution in [0.1, 0.15) is 32.2 Å². The van der Waals surface area contributed by atoms with Crippen molar-refractivity contribution in [2.24, 2.45) is 12.8 Å². The fourth-order valence-corrected chi connectivity index (χ4v) is 1.31. The van der Waals surface area contributed by atoms with Crippen molar-refractivity contribution < 1.29 is 4.79 Å². The van der Waals surface area contributed by atoms with Gasteiger partial charge in [0.1, 0.15) is 0 Å². The first kappa shape index (κ1) is 12.7. The van der Waals surface area contributed by atoms with Crippen molar-refractivity contribution in [3.8, 4) is 0 Å². The summed E-state index contributed by atoms with van der Waals surface area (Å²) in [4.78, 5) is 11.1. The Balaban J connectivity index is 2.67. The summed E-state index contributed by atoms with van der Waals surface area (Å²) < 4.78 is 1.82. The Bertz CT molecular complexity index is 381. The molecular formula is C11H20N4O. The zero-order valence-electron chi connectivity index (χ0n) is 10.4. The molecule has 16 heavy (non-hydrogen) atoms. The van der Waals surface area contributed by atoms with Crippen LogP contribution in [0.25, 0.3) is 0 Å². The van der Waals surface area contributed by atoms with Crippen LogP contribution < -0.4 is 11.1 Å². The minimum absolute atomic E-state index is 0.356. The van der Waals surface area contributed by atoms with Crippen LogP contribution in [0.2, 0.25) is 0 Å². The van der Waals surface area contributed by atoms with Gasteiger partial charge in [-0.1, -0.05) is 6.92 Å². The van der Waals surface area contributed by atoms with Gasteiger partial charge in [0, 0.05) is 13.6 Å². The van der Waals surface area contributed by atoms with E-state index >= 15 is 0 Å². The number of nitrogens with one attached hydrogen (secondary N) is 1. The maximum Gasteiger partial charge on any atom is 0.237 e. The van der Waals surface area contributed by atoms with Gasteiger partial charge in [0.25, 0.3) is 0 Å². The van der Waals surface area contributed by atoms with E-state index in [1.807, 2.05) is 17.8 Å². The lowest BCUT2D eigenvalue weighted by Gasteiger charge is -2.22. The summed E-state index contributed by atoms with van der Waals surface area (Å²) in [5, 5.41) is 7.45. The quantitative estimate of drug-likeness (QED) is 0.757. The first-order valence-electron chi connectivity index (χ1n) is 5.43. The van der Waals surface area contributed by atoms with Crippen LogP contribution in [0, 0.1) is 0 Å². The van der Waals surface area contributed by atoms with E-state index in [9.17, 15) is 4.79 Å². The fraction of sp³-hybridized carbons (Fsp3) is 0.636. The van der Waals surface area contributed by atoms with Gasteiger partial charge in [-0.3, -0.25) is 14.8 Å². The molecule has 5 heteroatoms. The van der Waals surface area contributed by atoms with E-state index in [1.165, 1.54) is 0 Å². The summed E-state index contributed by atoms with van der Waals surface area (Å²) in [6, 6.07) is 2.03. The molecule has 3 N–H and O–H groups in total. The molecule has 0 radical (unpaired) electrons. The van der Waals surface area contributed by atoms with Crippen LogP contribution in [-0.2, 0) is 24.8 Å². The molecule has 5 nitrogen and oxygen atoms in total. The molecule has 1 amide bonds. The molecule has 1 rings (SSSR count). The second-order valence-electron chi connectivity index (χ2n) is 4.45. The van der Waals surface area contributed by atoms with E-state index in [0.717, 1.165) is 17.8 Å². The van der Waals surface area contributed by atoms with Crippen molar-refractivity contribution >= 4 is 5.91 Å². The molecule has 1 aromatic heterocycles. The highest BCUT2D eigenvalue weighted by Crippen LogP contribution is 2.07. The van der Waals surface area contributed by atoms with Crippen LogP contribution in [0.5, 0.6) is 0 Å². The van der Waals surface area contributed by atoms with Crippen LogP contribution in [0.3, 0.4) is 0 Å². The molecular weight excluding hydrogens is 204 g/mol. The third-order valence-corrected chi connectivity index (χ3v) is 2.72. The lowest BCUT2D eigenvalue weighted by molar-refractivity contribution is -0.123. The van der Waals surface area contributed by atoms with Gasteiger partial charge in [-0.2, -0.15) is 5.10 Å². The molecule has 1 aromatic rings. The standard InChI is InChI=1S/C11H20N4O/c1-5-8-6-9(15(4)14-8)7-13-11(2,3)10(12)16/h6,13H,5,7H2,1-4H3,(H2,12,16). The normalized spacial score (nSPS) is 11.8. The molecule has 0 unspecified atom stereocenters. The summed E-state index contributed by atoms with van der Waals surface area (Å²) in [5.41, 5.74) is 6.68. The number of carbonyl (C=O) groups excluding carboxylic acids is 1. The lowest BCUT2D eigenvalue weighted by atomic mass is 10.1. The Kier molecular flexibility index (Phi) is 3.70. The summed E-state index contributed by atoms with van der Waals surface area (Å²) in [6.07, 6.45) is 0.910. The van der Waals surface area contributed by atoms with Gasteiger partial charge in [0.2, 0.25) is 5.91 Å². The molecule has 0 aromatic carbocycles. The van der Waals surface area contributed by atoms with E-state index < -0.39 is 5.54 Å². The van der Waals surface area contributed by atoms with E-state index in [-0.39, 0.29) is 5.91 Å². The van der Waals surface area contributed by atoms with E-state index in [0.29, 0.717) is 6.54 Å². The maximum atomic E-state index is 11.1. The molecule has 0 aliphatic heterocycles. The predicted molar refractivity (Wildman–Crippen MR) is 62.7 cm³/mol. The van der Waals surface area contributed by atoms with Gasteiger partial charge in [-0.25, -0.2) is 0 Å². The smallest absolute Gasteiger partial charge is 0.237 e. The number of nitrogens with zero attached hydrogens (tertiary/aromatic N) is 2. The van der Waals surface area contributed by atoms with Gasteiger partial charge >= 0.3 is 0 Å². The van der Waals surface area contributed by atoms with Crippen LogP contribution in [0.15, 0.2) is 6.07 Å². The minimum Gasteiger partial charge on any atom is -0.368 e. The molecule has 0 aliphatic rings. The zero-order chi connectivity index (χ0) is 12.3. The fourth-order valence-electron chi connectivity index (χ4n) is 1.31. The van der Waals surface area contributed by atoms with Crippen molar-refractivity contribution in [3.63, 3.8) is 0 Å². The lowest BCUT2D eigenvalue weighted by Crippen LogP contribution is -2.50. The SMILES string of the molecule is CCc1cc(CNC(C)(C)C(N)=O)n(C)n1. The highest BCUT2D eigenvalue weighted by Gasteiger charge is 2.24. The van der Waals surface area contributed by atoms with Crippen LogP contribution >= 0.6 is 0 Å². The van der Waals surface area contributed by atoms with Crippen molar-refractivity contribution in [2.45, 2.75) is 39.3 Å². The predicted octanol–water partition coefficient (Wildman–Crippen LogP) is 0.336. The number of hydrogen-bond donors (Lipinski definition) is 2. The van der Waals surface area contributed by atoms with Crippen molar-refractivity contribution in [2.75, 3.05) is 0 Å². The zero-order valence-corrected chi connectivity index (χ0v) is 10.4. The average molecular weight is 224 g/mol. The molecule has 0 saturated carbocycles. The van der Waals surface area contributed by atoms with E-state index in [2.05, 4.69) is 17.3 Å². The second kappa shape index (κ2) is 4.65. The van der Waals surface area contributed by atoms with Gasteiger partial charge in [0.15, 0.2) is 0 Å². The number of primary amides is 1. The summed E-state index contributed by atoms with van der Waals surface area (Å²) in [6.45, 7) is 6.19. The third-order valence-electron chi connectivity index (χ3n) is 2.72. The highest BCUT2D eigenvalue weighted by molar-refractivity contribution is 5.83. The highest BCUT2D eigenvalue weighted by atomic mass is 16.1. The number of aryl methyl sites for hydroxylation is 2. The molecule has 90 valence electrons. The van der Waals surface area contributed by atoms with Crippen LogP contribution in [-0.4, -0.2) is 21.2 Å². The monoisotopic (exact) mass is 224 g/mol. The molecule has 0 aliphatic carbocycles. The number of rotatable bonds is 5. The minimum atomic E-state index is -0.698. The van der Waals surface area contributed by atoms with Gasteiger partial charge < -0.3 is 5.73 Å². The van der Waals surface area contributed by atoms with Crippen molar-refractivity contribution in [1.82, 2.24) is 15.1 Å². The second-order valence-corrected chi connectivity index (χ2v) is 4.45. The Morgan fingerprint density at radius 2 is 2.25 bits per heavy atom. The Morgan fingerprint density at radius 3 is 2.69 bits per heavy atom. The van der Waals surface area contributed by atoms with E-state index in [1.54, 1.807) is 13.8 Å². The van der Waals surface area contributed by atoms with Crippen molar-refractivity contribution in [1.29, 1.82) is 0 Å². The number of aromatic nitrogens is 2. The Morgan fingerprint density at radius 1 is 1.62 bits per heavy atom. The number of hydrogen-bond acceptors (Lipinski definition) is 3. The maximum absolute atomic E-state index is 11.1. The van der Waals surface area contributed by atoms with Crippen molar-refractivity contribution in [3.05, 3.63) is 17.5 Å². The third kappa shape index (κ3) is 2.82. The molecule has 1 heterocycles. The summed E-state index contributed by atoms with van der Waals surface area (Å²) >= 11 is 0. The summed E-state index contributed by atoms with van der Waals surface area (Å²) in [5.74, 6) is -0.356. The first-order valence-corrected chi connectivity index (χ1v) is 5.43. The first-order chi connectivity index (χ1) is 7.36. The summed E-state index contributed by atoms with van der Waals surface area (Å²) in [7, 11) is 1.90. The molecule has 0 bridgehead atoms. The molecule has 0 spiro atoms. The molecule has 0 saturated heterocycles. The molecule has 0 atom stereocenters. The Hall–Kier alpha value is -1.36. The largest absolute Gasteiger partial charge is 0.368 e. The van der Waals surface area contributed by atoms with E-state index in [4.69, 9.17) is 5.73 Å². The Labute approximate surface area is 96.0 Å².